The number of halogens is 3. The number of rotatable bonds is 4. The van der Waals surface area contributed by atoms with Crippen LogP contribution in [0.15, 0.2) is 63.8 Å². The minimum atomic E-state index is -4.33. The summed E-state index contributed by atoms with van der Waals surface area (Å²) < 4.78 is 44.7. The topological polar surface area (TPSA) is 33.6 Å². The molecule has 0 saturated heterocycles. The van der Waals surface area contributed by atoms with Gasteiger partial charge in [0, 0.05) is 36.9 Å². The molecule has 0 radical (unpaired) electrons. The van der Waals surface area contributed by atoms with Crippen LogP contribution in [0, 0.1) is 5.92 Å². The van der Waals surface area contributed by atoms with E-state index in [0.717, 1.165) is 29.7 Å². The molecule has 1 N–H and O–H groups in total. The number of hydrogen-bond donors (Lipinski definition) is 1. The fourth-order valence-corrected chi connectivity index (χ4v) is 3.11. The van der Waals surface area contributed by atoms with Crippen LogP contribution in [0.1, 0.15) is 32.6 Å². The Bertz CT molecular complexity index is 709. The number of ether oxygens (including phenoxy) is 1. The largest absolute Gasteiger partial charge is 0.493 e. The van der Waals surface area contributed by atoms with Gasteiger partial charge in [-0.2, -0.15) is 13.2 Å². The Hall–Kier alpha value is -2.24. The third-order valence-electron chi connectivity index (χ3n) is 4.51. The zero-order valence-electron chi connectivity index (χ0n) is 14.1. The van der Waals surface area contributed by atoms with Gasteiger partial charge in [-0.15, -0.1) is 0 Å². The SMILES string of the molecule is CCC1=C(OCC2=CCC=NC=C2)CC2CC=C(C(F)(F)F)NC2=C1. The molecule has 3 rings (SSSR count). The summed E-state index contributed by atoms with van der Waals surface area (Å²) in [5.74, 6) is 0.889. The van der Waals surface area contributed by atoms with Crippen LogP contribution >= 0.6 is 0 Å². The van der Waals surface area contributed by atoms with Crippen LogP contribution in [-0.4, -0.2) is 19.0 Å². The van der Waals surface area contributed by atoms with Gasteiger partial charge in [0.15, 0.2) is 0 Å². The van der Waals surface area contributed by atoms with E-state index in [4.69, 9.17) is 4.74 Å². The second kappa shape index (κ2) is 7.33. The first-order chi connectivity index (χ1) is 12.0. The molecule has 2 heterocycles. The average molecular weight is 350 g/mol. The molecule has 25 heavy (non-hydrogen) atoms. The van der Waals surface area contributed by atoms with Crippen LogP contribution in [0.5, 0.6) is 0 Å². The molecule has 2 aliphatic heterocycles. The van der Waals surface area contributed by atoms with Crippen molar-refractivity contribution in [1.82, 2.24) is 5.32 Å². The number of allylic oxidation sites excluding steroid dienone is 7. The summed E-state index contributed by atoms with van der Waals surface area (Å²) in [5, 5.41) is 2.56. The van der Waals surface area contributed by atoms with Gasteiger partial charge in [0.05, 0.1) is 0 Å². The maximum Gasteiger partial charge on any atom is 0.430 e. The molecule has 0 fully saturated rings. The Kier molecular flexibility index (Phi) is 5.16. The highest BCUT2D eigenvalue weighted by molar-refractivity contribution is 5.61. The first kappa shape index (κ1) is 17.6. The molecule has 0 amide bonds. The van der Waals surface area contributed by atoms with Crippen molar-refractivity contribution in [3.8, 4) is 0 Å². The number of aliphatic imine (C=N–C) groups is 1. The molecular formula is C19H21F3N2O. The molecule has 1 aliphatic carbocycles. The minimum Gasteiger partial charge on any atom is -0.493 e. The van der Waals surface area contributed by atoms with Crippen LogP contribution < -0.4 is 5.32 Å². The fourth-order valence-electron chi connectivity index (χ4n) is 3.11. The van der Waals surface area contributed by atoms with E-state index in [2.05, 4.69) is 16.4 Å². The van der Waals surface area contributed by atoms with Gasteiger partial charge in [-0.1, -0.05) is 19.1 Å². The van der Waals surface area contributed by atoms with Crippen molar-refractivity contribution >= 4 is 6.21 Å². The van der Waals surface area contributed by atoms with Crippen molar-refractivity contribution < 1.29 is 17.9 Å². The van der Waals surface area contributed by atoms with Gasteiger partial charge in [-0.25, -0.2) is 0 Å². The molecule has 0 saturated carbocycles. The van der Waals surface area contributed by atoms with Crippen LogP contribution in [0.25, 0.3) is 0 Å². The number of nitrogens with one attached hydrogen (secondary N) is 1. The number of nitrogens with zero attached hydrogens (tertiary/aromatic N) is 1. The van der Waals surface area contributed by atoms with Crippen LogP contribution in [0.2, 0.25) is 0 Å². The van der Waals surface area contributed by atoms with Gasteiger partial charge in [-0.05, 0) is 36.1 Å². The Labute approximate surface area is 145 Å². The quantitative estimate of drug-likeness (QED) is 0.780. The lowest BCUT2D eigenvalue weighted by atomic mass is 9.86. The molecule has 0 aromatic rings. The normalized spacial score (nSPS) is 23.2. The third kappa shape index (κ3) is 4.24. The van der Waals surface area contributed by atoms with Gasteiger partial charge < -0.3 is 10.1 Å². The predicted octanol–water partition coefficient (Wildman–Crippen LogP) is 4.93. The maximum atomic E-state index is 12.9. The van der Waals surface area contributed by atoms with Crippen molar-refractivity contribution in [2.24, 2.45) is 10.9 Å². The average Bonchev–Trinajstić information content (AvgIpc) is 2.86. The molecule has 1 unspecified atom stereocenters. The molecule has 0 aromatic heterocycles. The Morgan fingerprint density at radius 2 is 2.16 bits per heavy atom. The second-order valence-electron chi connectivity index (χ2n) is 6.23. The van der Waals surface area contributed by atoms with E-state index in [1.807, 2.05) is 25.3 Å². The molecule has 0 bridgehead atoms. The summed E-state index contributed by atoms with van der Waals surface area (Å²) in [6.07, 6.45) is 8.75. The van der Waals surface area contributed by atoms with Gasteiger partial charge in [0.1, 0.15) is 18.1 Å². The van der Waals surface area contributed by atoms with Gasteiger partial charge in [0.2, 0.25) is 0 Å². The Morgan fingerprint density at radius 3 is 2.92 bits per heavy atom. The highest BCUT2D eigenvalue weighted by atomic mass is 19.4. The lowest BCUT2D eigenvalue weighted by Gasteiger charge is -2.32. The summed E-state index contributed by atoms with van der Waals surface area (Å²) in [5.41, 5.74) is 1.98. The smallest absolute Gasteiger partial charge is 0.430 e. The number of alkyl halides is 3. The van der Waals surface area contributed by atoms with Crippen molar-refractivity contribution in [1.29, 1.82) is 0 Å². The van der Waals surface area contributed by atoms with Crippen molar-refractivity contribution in [2.45, 2.75) is 38.8 Å². The third-order valence-corrected chi connectivity index (χ3v) is 4.51. The van der Waals surface area contributed by atoms with E-state index < -0.39 is 11.9 Å². The zero-order valence-corrected chi connectivity index (χ0v) is 14.1. The molecular weight excluding hydrogens is 329 g/mol. The fraction of sp³-hybridized carbons (Fsp3) is 0.421. The van der Waals surface area contributed by atoms with Crippen LogP contribution in [-0.2, 0) is 4.74 Å². The molecule has 3 aliphatic rings. The van der Waals surface area contributed by atoms with Crippen molar-refractivity contribution in [3.05, 3.63) is 58.8 Å². The van der Waals surface area contributed by atoms with E-state index in [-0.39, 0.29) is 5.92 Å². The number of hydrogen-bond acceptors (Lipinski definition) is 3. The molecule has 6 heteroatoms. The second-order valence-corrected chi connectivity index (χ2v) is 6.23. The van der Waals surface area contributed by atoms with Crippen LogP contribution in [0.3, 0.4) is 0 Å². The highest BCUT2D eigenvalue weighted by Crippen LogP contribution is 2.38. The van der Waals surface area contributed by atoms with E-state index in [1.54, 1.807) is 6.20 Å². The molecule has 134 valence electrons. The van der Waals surface area contributed by atoms with E-state index in [9.17, 15) is 13.2 Å². The van der Waals surface area contributed by atoms with Gasteiger partial charge in [-0.3, -0.25) is 4.99 Å². The predicted molar refractivity (Wildman–Crippen MR) is 91.7 cm³/mol. The van der Waals surface area contributed by atoms with Gasteiger partial charge in [0.25, 0.3) is 0 Å². The zero-order chi connectivity index (χ0) is 17.9. The van der Waals surface area contributed by atoms with E-state index >= 15 is 0 Å². The number of fused-ring (bicyclic) bond motifs is 1. The summed E-state index contributed by atoms with van der Waals surface area (Å²) in [6.45, 7) is 2.43. The van der Waals surface area contributed by atoms with Crippen molar-refractivity contribution in [2.75, 3.05) is 6.61 Å². The van der Waals surface area contributed by atoms with Crippen LogP contribution in [0.4, 0.5) is 13.2 Å². The summed E-state index contributed by atoms with van der Waals surface area (Å²) in [7, 11) is 0. The minimum absolute atomic E-state index is 0.0124. The molecule has 0 aromatic carbocycles. The lowest BCUT2D eigenvalue weighted by molar-refractivity contribution is -0.0970. The standard InChI is InChI=1S/C19H21F3N2O/c1-2-14-10-16-15(5-6-18(24-16)19(20,21)22)11-17(14)25-12-13-4-3-8-23-9-7-13/h4,6-10,15,24H,2-3,5,11-12H2,1H3. The Morgan fingerprint density at radius 1 is 1.32 bits per heavy atom. The first-order valence-electron chi connectivity index (χ1n) is 8.45. The van der Waals surface area contributed by atoms with E-state index in [1.165, 1.54) is 6.08 Å². The molecule has 1 atom stereocenters. The van der Waals surface area contributed by atoms with E-state index in [0.29, 0.717) is 25.1 Å². The summed E-state index contributed by atoms with van der Waals surface area (Å²) in [4.78, 5) is 4.09. The highest BCUT2D eigenvalue weighted by Gasteiger charge is 2.38. The summed E-state index contributed by atoms with van der Waals surface area (Å²) >= 11 is 0. The van der Waals surface area contributed by atoms with Crippen molar-refractivity contribution in [3.63, 3.8) is 0 Å². The monoisotopic (exact) mass is 350 g/mol. The Balaban J connectivity index is 1.72. The maximum absolute atomic E-state index is 12.9. The first-order valence-corrected chi connectivity index (χ1v) is 8.45. The summed E-state index contributed by atoms with van der Waals surface area (Å²) in [6, 6.07) is 0. The molecule has 0 spiro atoms. The van der Waals surface area contributed by atoms with Gasteiger partial charge >= 0.3 is 6.18 Å². The molecule has 3 nitrogen and oxygen atoms in total. The lowest BCUT2D eigenvalue weighted by Crippen LogP contribution is -2.34.